The zero-order chi connectivity index (χ0) is 15.6. The molecule has 4 nitrogen and oxygen atoms in total. The quantitative estimate of drug-likeness (QED) is 0.906. The van der Waals surface area contributed by atoms with Crippen LogP contribution >= 0.6 is 11.6 Å². The number of hydrogen-bond donors (Lipinski definition) is 2. The average Bonchev–Trinajstić information content (AvgIpc) is 2.41. The van der Waals surface area contributed by atoms with Crippen LogP contribution in [-0.2, 0) is 16.6 Å². The fraction of sp³-hybridized carbons (Fsp3) is 0.200. The highest BCUT2D eigenvalue weighted by molar-refractivity contribution is 7.92. The number of sulfonamides is 1. The van der Waals surface area contributed by atoms with E-state index in [0.29, 0.717) is 21.8 Å². The molecule has 0 saturated heterocycles. The summed E-state index contributed by atoms with van der Waals surface area (Å²) in [4.78, 5) is 0.159. The second kappa shape index (κ2) is 6.05. The van der Waals surface area contributed by atoms with Crippen molar-refractivity contribution in [1.29, 1.82) is 0 Å². The molecule has 0 bridgehead atoms. The highest BCUT2D eigenvalue weighted by Crippen LogP contribution is 2.24. The first-order valence-electron chi connectivity index (χ1n) is 6.33. The summed E-state index contributed by atoms with van der Waals surface area (Å²) in [5, 5.41) is 9.69. The number of halogens is 1. The Morgan fingerprint density at radius 1 is 1.19 bits per heavy atom. The first kappa shape index (κ1) is 15.8. The van der Waals surface area contributed by atoms with Crippen LogP contribution in [0.4, 0.5) is 5.69 Å². The highest BCUT2D eigenvalue weighted by atomic mass is 35.5. The van der Waals surface area contributed by atoms with Gasteiger partial charge < -0.3 is 5.11 Å². The Hall–Kier alpha value is -1.56. The molecule has 2 aromatic carbocycles. The molecule has 0 spiro atoms. The highest BCUT2D eigenvalue weighted by Gasteiger charge is 2.19. The predicted octanol–water partition coefficient (Wildman–Crippen LogP) is 3.25. The summed E-state index contributed by atoms with van der Waals surface area (Å²) in [7, 11) is -3.74. The molecule has 0 aliphatic carbocycles. The van der Waals surface area contributed by atoms with E-state index in [1.54, 1.807) is 31.2 Å². The Morgan fingerprint density at radius 2 is 1.90 bits per heavy atom. The van der Waals surface area contributed by atoms with Crippen molar-refractivity contribution < 1.29 is 13.5 Å². The third-order valence-corrected chi connectivity index (χ3v) is 4.97. The largest absolute Gasteiger partial charge is 0.392 e. The van der Waals surface area contributed by atoms with E-state index >= 15 is 0 Å². The number of anilines is 1. The molecular formula is C15H16ClNO3S. The molecule has 2 N–H and O–H groups in total. The molecule has 0 fully saturated rings. The first-order chi connectivity index (χ1) is 9.83. The topological polar surface area (TPSA) is 66.4 Å². The predicted molar refractivity (Wildman–Crippen MR) is 84.1 cm³/mol. The fourth-order valence-electron chi connectivity index (χ4n) is 2.03. The molecular weight excluding hydrogens is 310 g/mol. The van der Waals surface area contributed by atoms with E-state index in [1.165, 1.54) is 12.1 Å². The Balaban J connectivity index is 2.47. The third kappa shape index (κ3) is 3.56. The Bertz CT molecular complexity index is 772. The molecule has 0 aliphatic heterocycles. The van der Waals surface area contributed by atoms with E-state index in [4.69, 9.17) is 11.6 Å². The van der Waals surface area contributed by atoms with Gasteiger partial charge in [0.25, 0.3) is 10.0 Å². The van der Waals surface area contributed by atoms with Gasteiger partial charge in [0.2, 0.25) is 0 Å². The van der Waals surface area contributed by atoms with Gasteiger partial charge in [-0.05, 0) is 54.8 Å². The van der Waals surface area contributed by atoms with E-state index in [0.717, 1.165) is 5.56 Å². The molecule has 6 heteroatoms. The monoisotopic (exact) mass is 325 g/mol. The van der Waals surface area contributed by atoms with Crippen molar-refractivity contribution >= 4 is 27.3 Å². The third-order valence-electron chi connectivity index (χ3n) is 3.23. The standard InChI is InChI=1S/C15H16ClNO3S/c1-10-6-12(9-18)7-15(11(10)2)21(19,20)17-14-5-3-4-13(16)8-14/h3-8,17-18H,9H2,1-2H3. The van der Waals surface area contributed by atoms with Crippen molar-refractivity contribution in [3.8, 4) is 0 Å². The molecule has 0 aromatic heterocycles. The van der Waals surface area contributed by atoms with E-state index in [1.807, 2.05) is 6.92 Å². The lowest BCUT2D eigenvalue weighted by Crippen LogP contribution is -2.15. The summed E-state index contributed by atoms with van der Waals surface area (Å²) < 4.78 is 27.5. The minimum absolute atomic E-state index is 0.159. The van der Waals surface area contributed by atoms with E-state index in [9.17, 15) is 13.5 Å². The summed E-state index contributed by atoms with van der Waals surface area (Å²) >= 11 is 5.86. The van der Waals surface area contributed by atoms with E-state index in [2.05, 4.69) is 4.72 Å². The first-order valence-corrected chi connectivity index (χ1v) is 8.19. The van der Waals surface area contributed by atoms with Crippen LogP contribution < -0.4 is 4.72 Å². The lowest BCUT2D eigenvalue weighted by molar-refractivity contribution is 0.281. The van der Waals surface area contributed by atoms with E-state index in [-0.39, 0.29) is 11.5 Å². The molecule has 0 heterocycles. The van der Waals surface area contributed by atoms with Crippen molar-refractivity contribution in [2.45, 2.75) is 25.3 Å². The Kier molecular flexibility index (Phi) is 4.56. The number of aliphatic hydroxyl groups excluding tert-OH is 1. The number of rotatable bonds is 4. The van der Waals surface area contributed by atoms with Crippen LogP contribution in [0.1, 0.15) is 16.7 Å². The molecule has 21 heavy (non-hydrogen) atoms. The fourth-order valence-corrected chi connectivity index (χ4v) is 3.64. The molecule has 112 valence electrons. The van der Waals surface area contributed by atoms with Crippen molar-refractivity contribution in [3.63, 3.8) is 0 Å². The maximum atomic E-state index is 12.5. The van der Waals surface area contributed by atoms with Gasteiger partial charge in [0.1, 0.15) is 0 Å². The number of aliphatic hydroxyl groups is 1. The van der Waals surface area contributed by atoms with Crippen molar-refractivity contribution in [3.05, 3.63) is 58.1 Å². The Morgan fingerprint density at radius 3 is 2.52 bits per heavy atom. The second-order valence-corrected chi connectivity index (χ2v) is 6.90. The van der Waals surface area contributed by atoms with Crippen LogP contribution in [0.15, 0.2) is 41.3 Å². The summed E-state index contributed by atoms with van der Waals surface area (Å²) in [5.74, 6) is 0. The van der Waals surface area contributed by atoms with Gasteiger partial charge in [-0.15, -0.1) is 0 Å². The summed E-state index contributed by atoms with van der Waals surface area (Å²) in [6.45, 7) is 3.34. The van der Waals surface area contributed by atoms with Gasteiger partial charge in [-0.25, -0.2) is 8.42 Å². The zero-order valence-corrected chi connectivity index (χ0v) is 13.3. The van der Waals surface area contributed by atoms with Gasteiger partial charge in [-0.2, -0.15) is 0 Å². The SMILES string of the molecule is Cc1cc(CO)cc(S(=O)(=O)Nc2cccc(Cl)c2)c1C. The molecule has 2 aromatic rings. The maximum absolute atomic E-state index is 12.5. The normalized spacial score (nSPS) is 11.4. The molecule has 0 unspecified atom stereocenters. The van der Waals surface area contributed by atoms with Gasteiger partial charge in [-0.3, -0.25) is 4.72 Å². The molecule has 0 saturated carbocycles. The maximum Gasteiger partial charge on any atom is 0.262 e. The second-order valence-electron chi connectivity index (χ2n) is 4.81. The lowest BCUT2D eigenvalue weighted by Gasteiger charge is -2.13. The van der Waals surface area contributed by atoms with Crippen LogP contribution in [0, 0.1) is 13.8 Å². The smallest absolute Gasteiger partial charge is 0.262 e. The van der Waals surface area contributed by atoms with Crippen LogP contribution in [-0.4, -0.2) is 13.5 Å². The summed E-state index contributed by atoms with van der Waals surface area (Å²) in [6.07, 6.45) is 0. The van der Waals surface area contributed by atoms with Crippen molar-refractivity contribution in [2.75, 3.05) is 4.72 Å². The van der Waals surface area contributed by atoms with Gasteiger partial charge in [0.15, 0.2) is 0 Å². The van der Waals surface area contributed by atoms with Gasteiger partial charge >= 0.3 is 0 Å². The van der Waals surface area contributed by atoms with Crippen molar-refractivity contribution in [1.82, 2.24) is 0 Å². The van der Waals surface area contributed by atoms with Crippen LogP contribution in [0.25, 0.3) is 0 Å². The van der Waals surface area contributed by atoms with Crippen LogP contribution in [0.3, 0.4) is 0 Å². The van der Waals surface area contributed by atoms with Crippen LogP contribution in [0.5, 0.6) is 0 Å². The van der Waals surface area contributed by atoms with Gasteiger partial charge in [0, 0.05) is 5.02 Å². The molecule has 0 radical (unpaired) electrons. The zero-order valence-electron chi connectivity index (χ0n) is 11.7. The number of aryl methyl sites for hydroxylation is 1. The molecule has 2 rings (SSSR count). The number of nitrogens with one attached hydrogen (secondary N) is 1. The van der Waals surface area contributed by atoms with Gasteiger partial charge in [0.05, 0.1) is 17.2 Å². The minimum Gasteiger partial charge on any atom is -0.392 e. The Labute approximate surface area is 129 Å². The summed E-state index contributed by atoms with van der Waals surface area (Å²) in [5.41, 5.74) is 2.42. The molecule has 0 amide bonds. The molecule has 0 atom stereocenters. The number of benzene rings is 2. The lowest BCUT2D eigenvalue weighted by atomic mass is 10.1. The van der Waals surface area contributed by atoms with E-state index < -0.39 is 10.0 Å². The molecule has 0 aliphatic rings. The van der Waals surface area contributed by atoms with Crippen LogP contribution in [0.2, 0.25) is 5.02 Å². The van der Waals surface area contributed by atoms with Crippen molar-refractivity contribution in [2.24, 2.45) is 0 Å². The number of hydrogen-bond acceptors (Lipinski definition) is 3. The minimum atomic E-state index is -3.74. The average molecular weight is 326 g/mol. The van der Waals surface area contributed by atoms with Gasteiger partial charge in [-0.1, -0.05) is 23.7 Å². The summed E-state index contributed by atoms with van der Waals surface area (Å²) in [6, 6.07) is 9.76.